The van der Waals surface area contributed by atoms with Crippen LogP contribution in [0.3, 0.4) is 0 Å². The van der Waals surface area contributed by atoms with Gasteiger partial charge < -0.3 is 42.6 Å². The zero-order valence-corrected chi connectivity index (χ0v) is 28.9. The molecule has 1 saturated carbocycles. The molecule has 3 unspecified atom stereocenters. The van der Waals surface area contributed by atoms with Crippen LogP contribution >= 0.6 is 0 Å². The van der Waals surface area contributed by atoms with Crippen LogP contribution in [0.1, 0.15) is 89.0 Å². The predicted octanol–water partition coefficient (Wildman–Crippen LogP) is 1.48. The van der Waals surface area contributed by atoms with Crippen LogP contribution in [0, 0.1) is 5.92 Å². The molecule has 3 heterocycles. The van der Waals surface area contributed by atoms with E-state index < -0.39 is 36.0 Å². The molecule has 3 fully saturated rings. The molecule has 14 nitrogen and oxygen atoms in total. The van der Waals surface area contributed by atoms with Gasteiger partial charge in [0, 0.05) is 49.6 Å². The van der Waals surface area contributed by atoms with Crippen molar-refractivity contribution in [3.05, 3.63) is 36.0 Å². The number of hydrogen-bond donors (Lipinski definition) is 7. The molecule has 2 aliphatic heterocycles. The summed E-state index contributed by atoms with van der Waals surface area (Å²) in [7, 11) is 0. The van der Waals surface area contributed by atoms with Crippen LogP contribution in [0.25, 0.3) is 10.9 Å². The van der Waals surface area contributed by atoms with Gasteiger partial charge >= 0.3 is 0 Å². The number of nitrogens with zero attached hydrogens (tertiary/aromatic N) is 2. The molecule has 2 saturated heterocycles. The number of benzene rings is 1. The van der Waals surface area contributed by atoms with Gasteiger partial charge in [-0.05, 0) is 62.5 Å². The number of para-hydroxylation sites is 1. The topological polar surface area (TPSA) is 217 Å². The molecule has 272 valence electrons. The summed E-state index contributed by atoms with van der Waals surface area (Å²) in [6.45, 7) is 1.08. The Morgan fingerprint density at radius 1 is 0.800 bits per heavy atom. The number of nitrogens with one attached hydrogen (secondary N) is 5. The molecule has 4 atom stereocenters. The summed E-state index contributed by atoms with van der Waals surface area (Å²) in [6.07, 6.45) is 10.9. The van der Waals surface area contributed by atoms with E-state index in [4.69, 9.17) is 11.5 Å². The van der Waals surface area contributed by atoms with Crippen LogP contribution in [0.2, 0.25) is 0 Å². The molecule has 14 heteroatoms. The van der Waals surface area contributed by atoms with Crippen molar-refractivity contribution in [3.8, 4) is 0 Å². The van der Waals surface area contributed by atoms with E-state index in [2.05, 4.69) is 31.2 Å². The zero-order chi connectivity index (χ0) is 35.5. The van der Waals surface area contributed by atoms with Gasteiger partial charge in [-0.25, -0.2) is 0 Å². The number of nitrogens with two attached hydrogens (primary N) is 2. The minimum Gasteiger partial charge on any atom is -0.370 e. The number of fused-ring (bicyclic) bond motifs is 2. The van der Waals surface area contributed by atoms with Crippen molar-refractivity contribution in [2.75, 3.05) is 19.6 Å². The summed E-state index contributed by atoms with van der Waals surface area (Å²) in [5.41, 5.74) is 12.7. The highest BCUT2D eigenvalue weighted by Gasteiger charge is 2.37. The first kappa shape index (κ1) is 36.7. The van der Waals surface area contributed by atoms with Gasteiger partial charge in [0.1, 0.15) is 24.2 Å². The van der Waals surface area contributed by atoms with Crippen LogP contribution < -0.4 is 32.7 Å². The quantitative estimate of drug-likeness (QED) is 0.123. The Morgan fingerprint density at radius 3 is 2.34 bits per heavy atom. The molecule has 1 aromatic heterocycles. The van der Waals surface area contributed by atoms with Crippen molar-refractivity contribution in [3.63, 3.8) is 0 Å². The van der Waals surface area contributed by atoms with Gasteiger partial charge in [0.25, 0.3) is 0 Å². The summed E-state index contributed by atoms with van der Waals surface area (Å²) in [5, 5.41) is 12.7. The molecule has 1 aromatic carbocycles. The van der Waals surface area contributed by atoms with E-state index in [9.17, 15) is 24.0 Å². The van der Waals surface area contributed by atoms with Crippen molar-refractivity contribution in [2.45, 2.75) is 114 Å². The van der Waals surface area contributed by atoms with Crippen molar-refractivity contribution in [1.29, 1.82) is 0 Å². The molecule has 1 aliphatic carbocycles. The summed E-state index contributed by atoms with van der Waals surface area (Å²) in [5.74, 6) is -1.59. The summed E-state index contributed by atoms with van der Waals surface area (Å²) < 4.78 is 0. The second-order valence-corrected chi connectivity index (χ2v) is 13.9. The Hall–Kier alpha value is -4.62. The number of guanidine groups is 1. The Kier molecular flexibility index (Phi) is 13.1. The van der Waals surface area contributed by atoms with Crippen molar-refractivity contribution in [1.82, 2.24) is 31.2 Å². The maximum absolute atomic E-state index is 14.2. The third-order valence-electron chi connectivity index (χ3n) is 10.2. The van der Waals surface area contributed by atoms with Gasteiger partial charge in [-0.2, -0.15) is 0 Å². The van der Waals surface area contributed by atoms with Gasteiger partial charge in [0.2, 0.25) is 29.5 Å². The zero-order valence-electron chi connectivity index (χ0n) is 28.9. The molecule has 9 N–H and O–H groups in total. The largest absolute Gasteiger partial charge is 0.370 e. The molecular weight excluding hydrogens is 638 g/mol. The number of carbonyl (C=O) groups excluding carboxylic acids is 5. The Balaban J connectivity index is 1.44. The average molecular weight is 692 g/mol. The third-order valence-corrected chi connectivity index (χ3v) is 10.2. The fraction of sp³-hybridized carbons (Fsp3) is 0.611. The molecule has 5 rings (SSSR count). The number of aromatic amines is 1. The van der Waals surface area contributed by atoms with E-state index in [1.54, 1.807) is 4.90 Å². The van der Waals surface area contributed by atoms with Crippen molar-refractivity contribution >= 4 is 46.4 Å². The van der Waals surface area contributed by atoms with Gasteiger partial charge in [-0.15, -0.1) is 0 Å². The number of rotatable bonds is 8. The first-order chi connectivity index (χ1) is 24.2. The highest BCUT2D eigenvalue weighted by Crippen LogP contribution is 2.28. The Bertz CT molecular complexity index is 1530. The van der Waals surface area contributed by atoms with Crippen LogP contribution in [0.15, 0.2) is 35.5 Å². The minimum atomic E-state index is -1.05. The maximum atomic E-state index is 14.2. The Morgan fingerprint density at radius 2 is 1.54 bits per heavy atom. The lowest BCUT2D eigenvalue weighted by Gasteiger charge is -2.31. The molecule has 5 amide bonds. The smallest absolute Gasteiger partial charge is 0.243 e. The van der Waals surface area contributed by atoms with E-state index in [1.165, 1.54) is 0 Å². The first-order valence-electron chi connectivity index (χ1n) is 18.3. The lowest BCUT2D eigenvalue weighted by atomic mass is 9.84. The fourth-order valence-electron chi connectivity index (χ4n) is 7.52. The van der Waals surface area contributed by atoms with Crippen molar-refractivity contribution < 1.29 is 24.0 Å². The van der Waals surface area contributed by atoms with Crippen LogP contribution in [-0.2, 0) is 30.4 Å². The molecule has 0 bridgehead atoms. The second kappa shape index (κ2) is 17.9. The Labute approximate surface area is 293 Å². The van der Waals surface area contributed by atoms with Crippen LogP contribution in [0.5, 0.6) is 0 Å². The van der Waals surface area contributed by atoms with Crippen molar-refractivity contribution in [2.24, 2.45) is 22.4 Å². The van der Waals surface area contributed by atoms with Crippen LogP contribution in [-0.4, -0.2) is 89.2 Å². The number of hydrogen-bond acceptors (Lipinski definition) is 6. The molecule has 0 spiro atoms. The number of carbonyl (C=O) groups is 5. The van der Waals surface area contributed by atoms with Gasteiger partial charge in [-0.3, -0.25) is 29.0 Å². The number of aromatic nitrogens is 1. The lowest BCUT2D eigenvalue weighted by Crippen LogP contribution is -2.59. The molecule has 2 aromatic rings. The van der Waals surface area contributed by atoms with Gasteiger partial charge in [0.05, 0.1) is 0 Å². The molecule has 3 aliphatic rings. The van der Waals surface area contributed by atoms with Gasteiger partial charge in [0.15, 0.2) is 5.96 Å². The second-order valence-electron chi connectivity index (χ2n) is 13.9. The minimum absolute atomic E-state index is 0.0608. The molecule has 50 heavy (non-hydrogen) atoms. The first-order valence-corrected chi connectivity index (χ1v) is 18.3. The average Bonchev–Trinajstić information content (AvgIpc) is 3.76. The van der Waals surface area contributed by atoms with E-state index in [0.29, 0.717) is 51.6 Å². The normalized spacial score (nSPS) is 25.1. The van der Waals surface area contributed by atoms with E-state index in [-0.39, 0.29) is 55.4 Å². The standard InChI is InChI=1S/C36H53N9O5/c37-36(38)40-18-8-14-27-32(47)39-17-7-6-16-31(46)45-19-9-15-30(45)35(50)44-28(20-23-10-2-1-3-11-23)33(48)43-29(34(49)42-27)21-24-22-41-26-13-5-4-12-25(24)26/h4-5,12-13,22-23,27-30,41H,1-3,6-11,14-21H2,(H,39,47)(H,42,49)(H,43,48)(H,44,50)(H4,37,38,40)/t27?,28-,29?,30?/m1/s1. The van der Waals surface area contributed by atoms with E-state index in [0.717, 1.165) is 48.6 Å². The SMILES string of the molecule is NC(N)=NCCCC1NC(=O)C(Cc2c[nH]c3ccccc23)NC(=O)[C@@H](CC2CCCCC2)NC(=O)C2CCCN2C(=O)CCCCNC1=O. The maximum Gasteiger partial charge on any atom is 0.243 e. The number of amides is 5. The lowest BCUT2D eigenvalue weighted by molar-refractivity contribution is -0.140. The molecular formula is C36H53N9O5. The van der Waals surface area contributed by atoms with Crippen LogP contribution in [0.4, 0.5) is 0 Å². The summed E-state index contributed by atoms with van der Waals surface area (Å²) in [4.78, 5) is 77.7. The van der Waals surface area contributed by atoms with E-state index in [1.807, 2.05) is 30.5 Å². The summed E-state index contributed by atoms with van der Waals surface area (Å²) in [6, 6.07) is 4.20. The third kappa shape index (κ3) is 9.97. The monoisotopic (exact) mass is 691 g/mol. The number of H-pyrrole nitrogens is 1. The number of aliphatic imine (C=N–C) groups is 1. The van der Waals surface area contributed by atoms with E-state index >= 15 is 0 Å². The highest BCUT2D eigenvalue weighted by atomic mass is 16.2. The fourth-order valence-corrected chi connectivity index (χ4v) is 7.52. The predicted molar refractivity (Wildman–Crippen MR) is 190 cm³/mol. The molecule has 0 radical (unpaired) electrons. The summed E-state index contributed by atoms with van der Waals surface area (Å²) >= 11 is 0. The highest BCUT2D eigenvalue weighted by molar-refractivity contribution is 5.96. The van der Waals surface area contributed by atoms with Gasteiger partial charge in [-0.1, -0.05) is 50.3 Å².